The largest absolute Gasteiger partial charge is 0.384 e. The Morgan fingerprint density at radius 2 is 2.05 bits per heavy atom. The summed E-state index contributed by atoms with van der Waals surface area (Å²) in [6.07, 6.45) is 2.31. The average Bonchev–Trinajstić information content (AvgIpc) is 2.43. The van der Waals surface area contributed by atoms with E-state index in [4.69, 9.17) is 17.3 Å². The maximum atomic E-state index is 6.20. The molecule has 0 aliphatic carbocycles. The number of hydrogen-bond acceptors (Lipinski definition) is 3. The van der Waals surface area contributed by atoms with Gasteiger partial charge in [0.25, 0.3) is 0 Å². The van der Waals surface area contributed by atoms with Crippen molar-refractivity contribution >= 4 is 23.1 Å². The van der Waals surface area contributed by atoms with E-state index in [1.54, 1.807) is 6.07 Å². The molecule has 98 valence electrons. The molecule has 0 radical (unpaired) electrons. The third-order valence-corrected chi connectivity index (χ3v) is 3.83. The van der Waals surface area contributed by atoms with E-state index in [0.29, 0.717) is 17.4 Å². The van der Waals surface area contributed by atoms with Crippen LogP contribution in [0.1, 0.15) is 17.7 Å². The Hall–Kier alpha value is -1.74. The summed E-state index contributed by atoms with van der Waals surface area (Å²) in [5.74, 6) is 0.518. The third-order valence-electron chi connectivity index (χ3n) is 3.49. The monoisotopic (exact) mass is 273 g/mol. The van der Waals surface area contributed by atoms with Gasteiger partial charge in [0.15, 0.2) is 0 Å². The SMILES string of the molecule is Nc1ccc(Cl)c(CN2CCCc3ccccc32)n1. The predicted octanol–water partition coefficient (Wildman–Crippen LogP) is 3.27. The highest BCUT2D eigenvalue weighted by molar-refractivity contribution is 6.31. The topological polar surface area (TPSA) is 42.1 Å². The lowest BCUT2D eigenvalue weighted by Crippen LogP contribution is -2.29. The molecule has 4 heteroatoms. The number of fused-ring (bicyclic) bond motifs is 1. The Morgan fingerprint density at radius 1 is 1.21 bits per heavy atom. The number of rotatable bonds is 2. The van der Waals surface area contributed by atoms with Crippen molar-refractivity contribution in [3.05, 3.63) is 52.7 Å². The molecule has 0 amide bonds. The number of hydrogen-bond donors (Lipinski definition) is 1. The highest BCUT2D eigenvalue weighted by Crippen LogP contribution is 2.29. The Labute approximate surface area is 118 Å². The molecular formula is C15H16ClN3. The molecule has 3 nitrogen and oxygen atoms in total. The van der Waals surface area contributed by atoms with E-state index in [1.165, 1.54) is 11.3 Å². The number of halogens is 1. The lowest BCUT2D eigenvalue weighted by atomic mass is 10.0. The van der Waals surface area contributed by atoms with Crippen molar-refractivity contribution < 1.29 is 0 Å². The number of nitrogen functional groups attached to an aromatic ring is 1. The van der Waals surface area contributed by atoms with Gasteiger partial charge in [0.05, 0.1) is 17.3 Å². The summed E-state index contributed by atoms with van der Waals surface area (Å²) in [5.41, 5.74) is 9.27. The first kappa shape index (κ1) is 12.3. The highest BCUT2D eigenvalue weighted by Gasteiger charge is 2.17. The quantitative estimate of drug-likeness (QED) is 0.913. The average molecular weight is 274 g/mol. The zero-order chi connectivity index (χ0) is 13.2. The van der Waals surface area contributed by atoms with Gasteiger partial charge in [0, 0.05) is 12.2 Å². The molecule has 0 unspecified atom stereocenters. The fraction of sp³-hybridized carbons (Fsp3) is 0.267. The van der Waals surface area contributed by atoms with Crippen molar-refractivity contribution in [2.75, 3.05) is 17.2 Å². The van der Waals surface area contributed by atoms with Crippen LogP contribution >= 0.6 is 11.6 Å². The molecule has 3 rings (SSSR count). The number of aromatic nitrogens is 1. The van der Waals surface area contributed by atoms with E-state index in [-0.39, 0.29) is 0 Å². The Kier molecular flexibility index (Phi) is 3.30. The van der Waals surface area contributed by atoms with Gasteiger partial charge in [0.2, 0.25) is 0 Å². The number of benzene rings is 1. The molecular weight excluding hydrogens is 258 g/mol. The standard InChI is InChI=1S/C15H16ClN3/c16-12-7-8-15(17)18-13(12)10-19-9-3-5-11-4-1-2-6-14(11)19/h1-2,4,6-8H,3,5,9-10H2,(H2,17,18). The lowest BCUT2D eigenvalue weighted by Gasteiger charge is -2.31. The zero-order valence-corrected chi connectivity index (χ0v) is 11.4. The molecule has 1 aromatic carbocycles. The van der Waals surface area contributed by atoms with Crippen LogP contribution in [-0.4, -0.2) is 11.5 Å². The van der Waals surface area contributed by atoms with Crippen LogP contribution in [0.3, 0.4) is 0 Å². The molecule has 0 spiro atoms. The minimum absolute atomic E-state index is 0.518. The molecule has 0 saturated heterocycles. The fourth-order valence-electron chi connectivity index (χ4n) is 2.57. The van der Waals surface area contributed by atoms with Gasteiger partial charge in [-0.05, 0) is 36.6 Å². The van der Waals surface area contributed by atoms with Gasteiger partial charge in [-0.1, -0.05) is 29.8 Å². The number of nitrogens with two attached hydrogens (primary N) is 1. The van der Waals surface area contributed by atoms with E-state index >= 15 is 0 Å². The third kappa shape index (κ3) is 2.51. The summed E-state index contributed by atoms with van der Waals surface area (Å²) >= 11 is 6.20. The minimum Gasteiger partial charge on any atom is -0.384 e. The second kappa shape index (κ2) is 5.10. The summed E-state index contributed by atoms with van der Waals surface area (Å²) in [7, 11) is 0. The Morgan fingerprint density at radius 3 is 2.95 bits per heavy atom. The first-order chi connectivity index (χ1) is 9.24. The summed E-state index contributed by atoms with van der Waals surface area (Å²) in [6.45, 7) is 1.74. The van der Waals surface area contributed by atoms with E-state index in [0.717, 1.165) is 25.1 Å². The van der Waals surface area contributed by atoms with Crippen molar-refractivity contribution in [3.8, 4) is 0 Å². The van der Waals surface area contributed by atoms with Gasteiger partial charge in [-0.2, -0.15) is 0 Å². The van der Waals surface area contributed by atoms with Crippen molar-refractivity contribution in [2.45, 2.75) is 19.4 Å². The normalized spacial score (nSPS) is 14.3. The van der Waals surface area contributed by atoms with E-state index in [1.807, 2.05) is 6.07 Å². The second-order valence-corrected chi connectivity index (χ2v) is 5.23. The summed E-state index contributed by atoms with van der Waals surface area (Å²) in [6, 6.07) is 12.1. The van der Waals surface area contributed by atoms with Crippen molar-refractivity contribution in [1.82, 2.24) is 4.98 Å². The van der Waals surface area contributed by atoms with Crippen LogP contribution in [0.25, 0.3) is 0 Å². The van der Waals surface area contributed by atoms with Gasteiger partial charge < -0.3 is 10.6 Å². The van der Waals surface area contributed by atoms with Crippen LogP contribution in [0.5, 0.6) is 0 Å². The Bertz CT molecular complexity index is 598. The lowest BCUT2D eigenvalue weighted by molar-refractivity contribution is 0.684. The van der Waals surface area contributed by atoms with Gasteiger partial charge in [-0.15, -0.1) is 0 Å². The van der Waals surface area contributed by atoms with Crippen LogP contribution < -0.4 is 10.6 Å². The van der Waals surface area contributed by atoms with Crippen LogP contribution in [0.2, 0.25) is 5.02 Å². The molecule has 2 N–H and O–H groups in total. The Balaban J connectivity index is 1.90. The number of anilines is 2. The molecule has 19 heavy (non-hydrogen) atoms. The number of pyridine rings is 1. The van der Waals surface area contributed by atoms with Crippen molar-refractivity contribution in [1.29, 1.82) is 0 Å². The van der Waals surface area contributed by atoms with Crippen molar-refractivity contribution in [3.63, 3.8) is 0 Å². The number of nitrogens with zero attached hydrogens (tertiary/aromatic N) is 2. The minimum atomic E-state index is 0.518. The maximum Gasteiger partial charge on any atom is 0.123 e. The van der Waals surface area contributed by atoms with Crippen LogP contribution in [0.4, 0.5) is 11.5 Å². The predicted molar refractivity (Wildman–Crippen MR) is 79.5 cm³/mol. The van der Waals surface area contributed by atoms with Gasteiger partial charge in [0.1, 0.15) is 5.82 Å². The molecule has 1 aliphatic heterocycles. The molecule has 2 aromatic rings. The van der Waals surface area contributed by atoms with Gasteiger partial charge in [-0.3, -0.25) is 0 Å². The molecule has 1 aliphatic rings. The zero-order valence-electron chi connectivity index (χ0n) is 10.6. The second-order valence-electron chi connectivity index (χ2n) is 4.82. The van der Waals surface area contributed by atoms with E-state index in [2.05, 4.69) is 34.1 Å². The smallest absolute Gasteiger partial charge is 0.123 e. The first-order valence-corrected chi connectivity index (χ1v) is 6.85. The molecule has 0 bridgehead atoms. The van der Waals surface area contributed by atoms with Crippen LogP contribution in [-0.2, 0) is 13.0 Å². The molecule has 0 saturated carbocycles. The molecule has 0 fully saturated rings. The van der Waals surface area contributed by atoms with Crippen LogP contribution in [0, 0.1) is 0 Å². The summed E-state index contributed by atoms with van der Waals surface area (Å²) in [4.78, 5) is 6.67. The molecule has 1 aromatic heterocycles. The van der Waals surface area contributed by atoms with Crippen LogP contribution in [0.15, 0.2) is 36.4 Å². The first-order valence-electron chi connectivity index (χ1n) is 6.48. The fourth-order valence-corrected chi connectivity index (χ4v) is 2.73. The van der Waals surface area contributed by atoms with E-state index in [9.17, 15) is 0 Å². The van der Waals surface area contributed by atoms with Gasteiger partial charge in [-0.25, -0.2) is 4.98 Å². The molecule has 0 atom stereocenters. The maximum absolute atomic E-state index is 6.20. The summed E-state index contributed by atoms with van der Waals surface area (Å²) < 4.78 is 0. The highest BCUT2D eigenvalue weighted by atomic mass is 35.5. The number of para-hydroxylation sites is 1. The molecule has 2 heterocycles. The summed E-state index contributed by atoms with van der Waals surface area (Å²) in [5, 5.41) is 0.678. The van der Waals surface area contributed by atoms with Gasteiger partial charge >= 0.3 is 0 Å². The van der Waals surface area contributed by atoms with E-state index < -0.39 is 0 Å². The van der Waals surface area contributed by atoms with Crippen molar-refractivity contribution in [2.24, 2.45) is 0 Å². The number of aryl methyl sites for hydroxylation is 1.